The monoisotopic (exact) mass is 234 g/mol. The Balaban J connectivity index is 2.06. The summed E-state index contributed by atoms with van der Waals surface area (Å²) >= 11 is 0. The highest BCUT2D eigenvalue weighted by Gasteiger charge is 2.26. The highest BCUT2D eigenvalue weighted by atomic mass is 15.3. The van der Waals surface area contributed by atoms with Crippen LogP contribution in [-0.2, 0) is 6.54 Å². The van der Waals surface area contributed by atoms with E-state index in [2.05, 4.69) is 34.0 Å². The topological polar surface area (TPSA) is 41.1 Å². The lowest BCUT2D eigenvalue weighted by Gasteiger charge is -2.26. The molecule has 0 amide bonds. The van der Waals surface area contributed by atoms with Gasteiger partial charge in [0.25, 0.3) is 0 Å². The van der Waals surface area contributed by atoms with Gasteiger partial charge in [-0.1, -0.05) is 0 Å². The van der Waals surface area contributed by atoms with Crippen molar-refractivity contribution < 1.29 is 0 Å². The Bertz CT molecular complexity index is 343. The summed E-state index contributed by atoms with van der Waals surface area (Å²) in [6.07, 6.45) is 6.56. The van der Waals surface area contributed by atoms with Gasteiger partial charge in [-0.15, -0.1) is 0 Å². The Labute approximate surface area is 103 Å². The maximum absolute atomic E-state index is 4.47. The van der Waals surface area contributed by atoms with Crippen LogP contribution in [0, 0.1) is 5.92 Å². The zero-order chi connectivity index (χ0) is 12.3. The summed E-state index contributed by atoms with van der Waals surface area (Å²) in [7, 11) is 1.93. The number of anilines is 1. The Morgan fingerprint density at radius 1 is 1.35 bits per heavy atom. The van der Waals surface area contributed by atoms with Crippen LogP contribution in [0.2, 0.25) is 0 Å². The van der Waals surface area contributed by atoms with Crippen molar-refractivity contribution in [2.75, 3.05) is 18.5 Å². The highest BCUT2D eigenvalue weighted by molar-refractivity contribution is 5.31. The molecule has 1 aromatic rings. The van der Waals surface area contributed by atoms with Gasteiger partial charge in [-0.05, 0) is 39.7 Å². The molecule has 1 aliphatic carbocycles. The molecule has 0 saturated heterocycles. The molecule has 17 heavy (non-hydrogen) atoms. The molecule has 4 nitrogen and oxygen atoms in total. The van der Waals surface area contributed by atoms with Crippen molar-refractivity contribution in [2.45, 2.75) is 39.3 Å². The number of hydrogen-bond acceptors (Lipinski definition) is 4. The van der Waals surface area contributed by atoms with E-state index in [4.69, 9.17) is 0 Å². The molecule has 0 aliphatic heterocycles. The first-order valence-electron chi connectivity index (χ1n) is 6.43. The molecule has 0 spiro atoms. The van der Waals surface area contributed by atoms with Gasteiger partial charge in [0.2, 0.25) is 5.95 Å². The fourth-order valence-corrected chi connectivity index (χ4v) is 1.89. The Hall–Kier alpha value is -1.16. The standard InChI is InChI=1S/C13H22N4/c1-10(2)17(9-11-4-5-11)13-15-7-12(6-14-3)8-16-13/h7-8,10-11,14H,4-6,9H2,1-3H3. The summed E-state index contributed by atoms with van der Waals surface area (Å²) in [6, 6.07) is 0.464. The first kappa shape index (κ1) is 12.3. The number of nitrogens with one attached hydrogen (secondary N) is 1. The van der Waals surface area contributed by atoms with Gasteiger partial charge in [-0.3, -0.25) is 0 Å². The number of hydrogen-bond donors (Lipinski definition) is 1. The molecule has 1 N–H and O–H groups in total. The number of nitrogens with zero attached hydrogens (tertiary/aromatic N) is 3. The number of rotatable bonds is 6. The zero-order valence-electron chi connectivity index (χ0n) is 11.0. The SMILES string of the molecule is CNCc1cnc(N(CC2CC2)C(C)C)nc1. The molecule has 0 bridgehead atoms. The molecule has 0 unspecified atom stereocenters. The van der Waals surface area contributed by atoms with Crippen molar-refractivity contribution in [1.82, 2.24) is 15.3 Å². The molecule has 1 heterocycles. The smallest absolute Gasteiger partial charge is 0.225 e. The van der Waals surface area contributed by atoms with Crippen LogP contribution in [0.5, 0.6) is 0 Å². The van der Waals surface area contributed by atoms with E-state index in [1.54, 1.807) is 0 Å². The van der Waals surface area contributed by atoms with Crippen LogP contribution >= 0.6 is 0 Å². The van der Waals surface area contributed by atoms with Crippen LogP contribution in [0.25, 0.3) is 0 Å². The normalized spacial score (nSPS) is 15.3. The third-order valence-electron chi connectivity index (χ3n) is 3.10. The Kier molecular flexibility index (Phi) is 3.94. The molecule has 2 rings (SSSR count). The third kappa shape index (κ3) is 3.40. The summed E-state index contributed by atoms with van der Waals surface area (Å²) in [5.74, 6) is 1.73. The molecular formula is C13H22N4. The summed E-state index contributed by atoms with van der Waals surface area (Å²) in [4.78, 5) is 11.3. The molecular weight excluding hydrogens is 212 g/mol. The average Bonchev–Trinajstić information content (AvgIpc) is 3.11. The summed E-state index contributed by atoms with van der Waals surface area (Å²) in [6.45, 7) is 6.33. The van der Waals surface area contributed by atoms with Crippen LogP contribution in [0.15, 0.2) is 12.4 Å². The van der Waals surface area contributed by atoms with Crippen LogP contribution in [0.4, 0.5) is 5.95 Å². The van der Waals surface area contributed by atoms with Crippen molar-refractivity contribution in [3.05, 3.63) is 18.0 Å². The van der Waals surface area contributed by atoms with E-state index in [9.17, 15) is 0 Å². The van der Waals surface area contributed by atoms with Crippen molar-refractivity contribution in [3.63, 3.8) is 0 Å². The summed E-state index contributed by atoms with van der Waals surface area (Å²) < 4.78 is 0. The van der Waals surface area contributed by atoms with E-state index < -0.39 is 0 Å². The maximum atomic E-state index is 4.47. The van der Waals surface area contributed by atoms with Crippen molar-refractivity contribution in [3.8, 4) is 0 Å². The maximum Gasteiger partial charge on any atom is 0.225 e. The predicted octanol–water partition coefficient (Wildman–Crippen LogP) is 1.82. The van der Waals surface area contributed by atoms with Gasteiger partial charge in [-0.2, -0.15) is 0 Å². The van der Waals surface area contributed by atoms with Crippen LogP contribution < -0.4 is 10.2 Å². The summed E-state index contributed by atoms with van der Waals surface area (Å²) in [5, 5.41) is 3.10. The highest BCUT2D eigenvalue weighted by Crippen LogP contribution is 2.31. The second-order valence-corrected chi connectivity index (χ2v) is 5.11. The minimum Gasteiger partial charge on any atom is -0.338 e. The van der Waals surface area contributed by atoms with Gasteiger partial charge < -0.3 is 10.2 Å². The molecule has 0 atom stereocenters. The van der Waals surface area contributed by atoms with Crippen LogP contribution in [0.3, 0.4) is 0 Å². The average molecular weight is 234 g/mol. The minimum absolute atomic E-state index is 0.464. The van der Waals surface area contributed by atoms with Gasteiger partial charge in [-0.25, -0.2) is 9.97 Å². The van der Waals surface area contributed by atoms with Gasteiger partial charge in [0.05, 0.1) is 0 Å². The molecule has 1 fully saturated rings. The van der Waals surface area contributed by atoms with Crippen molar-refractivity contribution >= 4 is 5.95 Å². The third-order valence-corrected chi connectivity index (χ3v) is 3.10. The van der Waals surface area contributed by atoms with Gasteiger partial charge in [0.1, 0.15) is 0 Å². The van der Waals surface area contributed by atoms with E-state index in [0.717, 1.165) is 30.5 Å². The van der Waals surface area contributed by atoms with Gasteiger partial charge in [0.15, 0.2) is 0 Å². The molecule has 94 valence electrons. The van der Waals surface area contributed by atoms with Crippen molar-refractivity contribution in [2.24, 2.45) is 5.92 Å². The number of aromatic nitrogens is 2. The van der Waals surface area contributed by atoms with E-state index >= 15 is 0 Å². The molecule has 0 aromatic carbocycles. The fourth-order valence-electron chi connectivity index (χ4n) is 1.89. The van der Waals surface area contributed by atoms with Crippen molar-refractivity contribution in [1.29, 1.82) is 0 Å². The Morgan fingerprint density at radius 3 is 2.47 bits per heavy atom. The molecule has 0 radical (unpaired) electrons. The largest absolute Gasteiger partial charge is 0.338 e. The molecule has 1 aromatic heterocycles. The summed E-state index contributed by atoms with van der Waals surface area (Å²) in [5.41, 5.74) is 1.13. The molecule has 4 heteroatoms. The van der Waals surface area contributed by atoms with Crippen LogP contribution in [0.1, 0.15) is 32.3 Å². The first-order valence-corrected chi connectivity index (χ1v) is 6.43. The van der Waals surface area contributed by atoms with E-state index in [1.165, 1.54) is 12.8 Å². The molecule has 1 saturated carbocycles. The molecule has 1 aliphatic rings. The van der Waals surface area contributed by atoms with Gasteiger partial charge >= 0.3 is 0 Å². The van der Waals surface area contributed by atoms with Crippen LogP contribution in [-0.4, -0.2) is 29.6 Å². The fraction of sp³-hybridized carbons (Fsp3) is 0.692. The van der Waals surface area contributed by atoms with E-state index in [1.807, 2.05) is 19.4 Å². The van der Waals surface area contributed by atoms with Gasteiger partial charge in [0, 0.05) is 37.1 Å². The van der Waals surface area contributed by atoms with E-state index in [0.29, 0.717) is 6.04 Å². The minimum atomic E-state index is 0.464. The quantitative estimate of drug-likeness (QED) is 0.815. The predicted molar refractivity (Wildman–Crippen MR) is 70.0 cm³/mol. The zero-order valence-corrected chi connectivity index (χ0v) is 11.0. The Morgan fingerprint density at radius 2 is 2.00 bits per heavy atom. The second-order valence-electron chi connectivity index (χ2n) is 5.11. The van der Waals surface area contributed by atoms with E-state index in [-0.39, 0.29) is 0 Å². The first-order chi connectivity index (χ1) is 8.20. The lowest BCUT2D eigenvalue weighted by Crippen LogP contribution is -2.34. The second kappa shape index (κ2) is 5.45. The lowest BCUT2D eigenvalue weighted by atomic mass is 10.3. The lowest BCUT2D eigenvalue weighted by molar-refractivity contribution is 0.626.